The number of nitrogens with zero attached hydrogens (tertiary/aromatic N) is 3. The lowest BCUT2D eigenvalue weighted by Crippen LogP contribution is -2.36. The molecule has 2 aromatic rings. The summed E-state index contributed by atoms with van der Waals surface area (Å²) in [7, 11) is 1.83. The Hall–Kier alpha value is -2.54. The Labute approximate surface area is 127 Å². The third-order valence-electron chi connectivity index (χ3n) is 3.93. The fourth-order valence-corrected chi connectivity index (χ4v) is 2.73. The molecule has 7 nitrogen and oxygen atoms in total. The summed E-state index contributed by atoms with van der Waals surface area (Å²) >= 11 is 0. The number of hydrogen-bond acceptors (Lipinski definition) is 5. The van der Waals surface area contributed by atoms with E-state index in [1.807, 2.05) is 23.7 Å². The van der Waals surface area contributed by atoms with E-state index in [1.165, 1.54) is 0 Å². The lowest BCUT2D eigenvalue weighted by atomic mass is 10.1. The number of amidine groups is 1. The largest absolute Gasteiger partial charge is 0.409 e. The van der Waals surface area contributed by atoms with Crippen molar-refractivity contribution in [3.63, 3.8) is 0 Å². The highest BCUT2D eigenvalue weighted by Gasteiger charge is 2.15. The van der Waals surface area contributed by atoms with Crippen molar-refractivity contribution in [1.29, 1.82) is 0 Å². The first-order chi connectivity index (χ1) is 10.6. The molecule has 1 aromatic heterocycles. The average molecular weight is 302 g/mol. The second kappa shape index (κ2) is 5.69. The van der Waals surface area contributed by atoms with E-state index in [-0.39, 0.29) is 16.8 Å². The molecule has 0 spiro atoms. The van der Waals surface area contributed by atoms with Crippen LogP contribution in [-0.4, -0.2) is 41.9 Å². The van der Waals surface area contributed by atoms with Crippen LogP contribution in [0.5, 0.6) is 0 Å². The molecule has 22 heavy (non-hydrogen) atoms. The molecule has 0 atom stereocenters. The quantitative estimate of drug-likeness (QED) is 0.364. The van der Waals surface area contributed by atoms with E-state index in [0.29, 0.717) is 18.6 Å². The van der Waals surface area contributed by atoms with Gasteiger partial charge >= 0.3 is 0 Å². The first-order valence-electron chi connectivity index (χ1n) is 7.06. The summed E-state index contributed by atoms with van der Waals surface area (Å²) < 4.78 is 7.17. The number of morpholine rings is 1. The molecular weight excluding hydrogens is 284 g/mol. The molecule has 0 bridgehead atoms. The summed E-state index contributed by atoms with van der Waals surface area (Å²) in [5, 5.41) is 12.2. The van der Waals surface area contributed by atoms with Crippen molar-refractivity contribution >= 4 is 22.4 Å². The van der Waals surface area contributed by atoms with Crippen LogP contribution in [0.15, 0.2) is 34.3 Å². The number of anilines is 1. The predicted molar refractivity (Wildman–Crippen MR) is 84.7 cm³/mol. The molecule has 0 radical (unpaired) electrons. The SMILES string of the molecule is Cn1cc(C(N)=NO)c(=O)c2ccc(N3CCOCC3)cc21. The molecule has 0 unspecified atom stereocenters. The van der Waals surface area contributed by atoms with Gasteiger partial charge in [-0.3, -0.25) is 4.79 Å². The van der Waals surface area contributed by atoms with Crippen molar-refractivity contribution in [1.82, 2.24) is 4.57 Å². The molecular formula is C15H18N4O3. The van der Waals surface area contributed by atoms with E-state index in [2.05, 4.69) is 10.1 Å². The lowest BCUT2D eigenvalue weighted by Gasteiger charge is -2.29. The summed E-state index contributed by atoms with van der Waals surface area (Å²) in [5.41, 5.74) is 7.39. The molecule has 0 amide bonds. The zero-order valence-electron chi connectivity index (χ0n) is 12.3. The summed E-state index contributed by atoms with van der Waals surface area (Å²) in [4.78, 5) is 14.7. The second-order valence-corrected chi connectivity index (χ2v) is 5.27. The third-order valence-corrected chi connectivity index (χ3v) is 3.93. The van der Waals surface area contributed by atoms with Gasteiger partial charge in [0.15, 0.2) is 11.3 Å². The number of pyridine rings is 1. The summed E-state index contributed by atoms with van der Waals surface area (Å²) in [6.07, 6.45) is 1.59. The van der Waals surface area contributed by atoms with E-state index in [9.17, 15) is 4.79 Å². The summed E-state index contributed by atoms with van der Waals surface area (Å²) in [6, 6.07) is 5.69. The van der Waals surface area contributed by atoms with Crippen LogP contribution in [0.3, 0.4) is 0 Å². The highest BCUT2D eigenvalue weighted by atomic mass is 16.5. The van der Waals surface area contributed by atoms with Gasteiger partial charge in [0.1, 0.15) is 0 Å². The van der Waals surface area contributed by atoms with Crippen LogP contribution in [0, 0.1) is 0 Å². The Morgan fingerprint density at radius 3 is 2.77 bits per heavy atom. The van der Waals surface area contributed by atoms with Gasteiger partial charge in [-0.15, -0.1) is 0 Å². The lowest BCUT2D eigenvalue weighted by molar-refractivity contribution is 0.122. The molecule has 1 aliphatic heterocycles. The topological polar surface area (TPSA) is 93.1 Å². The minimum absolute atomic E-state index is 0.181. The number of rotatable bonds is 2. The monoisotopic (exact) mass is 302 g/mol. The maximum absolute atomic E-state index is 12.4. The number of aryl methyl sites for hydroxylation is 1. The maximum Gasteiger partial charge on any atom is 0.200 e. The minimum Gasteiger partial charge on any atom is -0.409 e. The molecule has 1 aliphatic rings. The van der Waals surface area contributed by atoms with Crippen LogP contribution in [0.2, 0.25) is 0 Å². The van der Waals surface area contributed by atoms with E-state index in [1.54, 1.807) is 12.3 Å². The first-order valence-corrected chi connectivity index (χ1v) is 7.06. The summed E-state index contributed by atoms with van der Waals surface area (Å²) in [6.45, 7) is 3.09. The highest BCUT2D eigenvalue weighted by Crippen LogP contribution is 2.21. The van der Waals surface area contributed by atoms with Gasteiger partial charge in [0, 0.05) is 37.4 Å². The number of oxime groups is 1. The van der Waals surface area contributed by atoms with Crippen molar-refractivity contribution in [2.45, 2.75) is 0 Å². The van der Waals surface area contributed by atoms with E-state index < -0.39 is 0 Å². The van der Waals surface area contributed by atoms with E-state index >= 15 is 0 Å². The predicted octanol–water partition coefficient (Wildman–Crippen LogP) is 0.470. The number of hydrogen-bond donors (Lipinski definition) is 2. The summed E-state index contributed by atoms with van der Waals surface area (Å²) in [5.74, 6) is -0.181. The molecule has 116 valence electrons. The molecule has 3 N–H and O–H groups in total. The first kappa shape index (κ1) is 14.4. The van der Waals surface area contributed by atoms with Crippen LogP contribution in [0.4, 0.5) is 5.69 Å². The molecule has 1 aromatic carbocycles. The van der Waals surface area contributed by atoms with Crippen LogP contribution in [-0.2, 0) is 11.8 Å². The Balaban J connectivity index is 2.13. The number of benzene rings is 1. The van der Waals surface area contributed by atoms with Gasteiger partial charge in [-0.2, -0.15) is 0 Å². The Morgan fingerprint density at radius 2 is 2.09 bits per heavy atom. The van der Waals surface area contributed by atoms with Crippen molar-refractivity contribution in [2.24, 2.45) is 17.9 Å². The zero-order chi connectivity index (χ0) is 15.7. The Kier molecular flexibility index (Phi) is 3.72. The zero-order valence-corrected chi connectivity index (χ0v) is 12.3. The Morgan fingerprint density at radius 1 is 1.36 bits per heavy atom. The molecule has 7 heteroatoms. The molecule has 0 aliphatic carbocycles. The minimum atomic E-state index is -0.239. The van der Waals surface area contributed by atoms with Crippen LogP contribution in [0.1, 0.15) is 5.56 Å². The number of fused-ring (bicyclic) bond motifs is 1. The van der Waals surface area contributed by atoms with Gasteiger partial charge in [0.25, 0.3) is 0 Å². The highest BCUT2D eigenvalue weighted by molar-refractivity contribution is 5.99. The standard InChI is InChI=1S/C15H18N4O3/c1-18-9-12(15(16)17-21)14(20)11-3-2-10(8-13(11)18)19-4-6-22-7-5-19/h2-3,8-9,21H,4-7H2,1H3,(H2,16,17). The van der Waals surface area contributed by atoms with Gasteiger partial charge in [0.05, 0.1) is 24.3 Å². The molecule has 0 saturated carbocycles. The molecule has 2 heterocycles. The van der Waals surface area contributed by atoms with Crippen molar-refractivity contribution < 1.29 is 9.94 Å². The van der Waals surface area contributed by atoms with E-state index in [4.69, 9.17) is 15.7 Å². The van der Waals surface area contributed by atoms with Gasteiger partial charge in [-0.25, -0.2) is 0 Å². The van der Waals surface area contributed by atoms with Crippen molar-refractivity contribution in [3.8, 4) is 0 Å². The number of nitrogens with two attached hydrogens (primary N) is 1. The van der Waals surface area contributed by atoms with E-state index in [0.717, 1.165) is 24.3 Å². The van der Waals surface area contributed by atoms with Crippen LogP contribution < -0.4 is 16.1 Å². The molecule has 3 rings (SSSR count). The normalized spacial score (nSPS) is 16.2. The van der Waals surface area contributed by atoms with Crippen molar-refractivity contribution in [2.75, 3.05) is 31.2 Å². The van der Waals surface area contributed by atoms with Gasteiger partial charge in [0.2, 0.25) is 0 Å². The van der Waals surface area contributed by atoms with Crippen molar-refractivity contribution in [3.05, 3.63) is 40.2 Å². The maximum atomic E-state index is 12.4. The van der Waals surface area contributed by atoms with Gasteiger partial charge < -0.3 is 25.1 Å². The number of aromatic nitrogens is 1. The fraction of sp³-hybridized carbons (Fsp3) is 0.333. The molecule has 1 saturated heterocycles. The molecule has 1 fully saturated rings. The number of ether oxygens (including phenoxy) is 1. The van der Waals surface area contributed by atoms with Crippen LogP contribution in [0.25, 0.3) is 10.9 Å². The average Bonchev–Trinajstić information content (AvgIpc) is 2.57. The Bertz CT molecular complexity index is 791. The van der Waals surface area contributed by atoms with Gasteiger partial charge in [-0.1, -0.05) is 5.16 Å². The fourth-order valence-electron chi connectivity index (χ4n) is 2.73. The third kappa shape index (κ3) is 2.39. The van der Waals surface area contributed by atoms with Crippen LogP contribution >= 0.6 is 0 Å². The second-order valence-electron chi connectivity index (χ2n) is 5.27. The van der Waals surface area contributed by atoms with Gasteiger partial charge in [-0.05, 0) is 18.2 Å². The smallest absolute Gasteiger partial charge is 0.200 e.